The standard InChI is InChI=1S/C14H19N3O3/c1-9-10(8-15)14(17(2)16-9)20-13-11(18-3)6-5-7-12(13)19-4/h5-7H,8,15H2,1-4H3. The van der Waals surface area contributed by atoms with Crippen LogP contribution in [0.15, 0.2) is 18.2 Å². The van der Waals surface area contributed by atoms with Crippen LogP contribution in [-0.4, -0.2) is 24.0 Å². The van der Waals surface area contributed by atoms with Gasteiger partial charge in [0.15, 0.2) is 11.5 Å². The normalized spacial score (nSPS) is 10.4. The number of aryl methyl sites for hydroxylation is 2. The second-order valence-electron chi connectivity index (χ2n) is 4.29. The van der Waals surface area contributed by atoms with Crippen molar-refractivity contribution in [3.05, 3.63) is 29.5 Å². The molecule has 0 fully saturated rings. The van der Waals surface area contributed by atoms with Gasteiger partial charge in [0.1, 0.15) is 0 Å². The second kappa shape index (κ2) is 5.83. The number of aromatic nitrogens is 2. The molecule has 20 heavy (non-hydrogen) atoms. The summed E-state index contributed by atoms with van der Waals surface area (Å²) in [6.07, 6.45) is 0. The Kier molecular flexibility index (Phi) is 4.14. The number of ether oxygens (including phenoxy) is 3. The van der Waals surface area contributed by atoms with Crippen molar-refractivity contribution in [3.63, 3.8) is 0 Å². The molecule has 6 nitrogen and oxygen atoms in total. The summed E-state index contributed by atoms with van der Waals surface area (Å²) in [5, 5.41) is 4.32. The zero-order chi connectivity index (χ0) is 14.7. The maximum atomic E-state index is 5.97. The average Bonchev–Trinajstić information content (AvgIpc) is 2.72. The highest BCUT2D eigenvalue weighted by molar-refractivity contribution is 5.53. The lowest BCUT2D eigenvalue weighted by molar-refractivity contribution is 0.333. The minimum Gasteiger partial charge on any atom is -0.493 e. The van der Waals surface area contributed by atoms with Crippen LogP contribution < -0.4 is 19.9 Å². The molecule has 1 heterocycles. The predicted molar refractivity (Wildman–Crippen MR) is 75.5 cm³/mol. The molecule has 2 aromatic rings. The Hall–Kier alpha value is -2.21. The molecule has 2 N–H and O–H groups in total. The summed E-state index contributed by atoms with van der Waals surface area (Å²) in [6.45, 7) is 2.25. The van der Waals surface area contributed by atoms with Gasteiger partial charge in [-0.15, -0.1) is 0 Å². The highest BCUT2D eigenvalue weighted by atomic mass is 16.5. The zero-order valence-electron chi connectivity index (χ0n) is 12.1. The van der Waals surface area contributed by atoms with Crippen LogP contribution >= 0.6 is 0 Å². The Balaban J connectivity index is 2.49. The summed E-state index contributed by atoms with van der Waals surface area (Å²) in [4.78, 5) is 0. The topological polar surface area (TPSA) is 71.5 Å². The Labute approximate surface area is 118 Å². The molecule has 0 radical (unpaired) electrons. The predicted octanol–water partition coefficient (Wildman–Crippen LogP) is 2.00. The molecular formula is C14H19N3O3. The lowest BCUT2D eigenvalue weighted by Crippen LogP contribution is -2.03. The van der Waals surface area contributed by atoms with Crippen LogP contribution in [0.5, 0.6) is 23.1 Å². The van der Waals surface area contributed by atoms with Gasteiger partial charge in [-0.05, 0) is 19.1 Å². The summed E-state index contributed by atoms with van der Waals surface area (Å²) >= 11 is 0. The SMILES string of the molecule is COc1cccc(OC)c1Oc1c(CN)c(C)nn1C. The van der Waals surface area contributed by atoms with Crippen LogP contribution in [0.4, 0.5) is 0 Å². The number of hydrogen-bond acceptors (Lipinski definition) is 5. The van der Waals surface area contributed by atoms with Crippen LogP contribution in [0, 0.1) is 6.92 Å². The van der Waals surface area contributed by atoms with E-state index in [0.29, 0.717) is 29.7 Å². The number of hydrogen-bond donors (Lipinski definition) is 1. The molecule has 6 heteroatoms. The van der Waals surface area contributed by atoms with Gasteiger partial charge < -0.3 is 19.9 Å². The zero-order valence-corrected chi connectivity index (χ0v) is 12.1. The quantitative estimate of drug-likeness (QED) is 0.905. The molecule has 0 unspecified atom stereocenters. The lowest BCUT2D eigenvalue weighted by atomic mass is 10.2. The molecule has 0 amide bonds. The summed E-state index contributed by atoms with van der Waals surface area (Å²) in [5.74, 6) is 2.28. The fourth-order valence-electron chi connectivity index (χ4n) is 2.06. The Bertz CT molecular complexity index is 586. The van der Waals surface area contributed by atoms with Crippen LogP contribution in [0.3, 0.4) is 0 Å². The molecule has 0 atom stereocenters. The van der Waals surface area contributed by atoms with Crippen LogP contribution in [0.2, 0.25) is 0 Å². The third-order valence-corrected chi connectivity index (χ3v) is 3.07. The fraction of sp³-hybridized carbons (Fsp3) is 0.357. The van der Waals surface area contributed by atoms with Crippen molar-refractivity contribution < 1.29 is 14.2 Å². The van der Waals surface area contributed by atoms with E-state index in [2.05, 4.69) is 5.10 Å². The van der Waals surface area contributed by atoms with Crippen LogP contribution in [0.1, 0.15) is 11.3 Å². The highest BCUT2D eigenvalue weighted by Crippen LogP contribution is 2.40. The Morgan fingerprint density at radius 3 is 2.30 bits per heavy atom. The largest absolute Gasteiger partial charge is 0.493 e. The molecule has 0 aliphatic carbocycles. The first-order valence-corrected chi connectivity index (χ1v) is 6.23. The van der Waals surface area contributed by atoms with Crippen molar-refractivity contribution >= 4 is 0 Å². The minimum absolute atomic E-state index is 0.354. The van der Waals surface area contributed by atoms with Crippen molar-refractivity contribution in [1.29, 1.82) is 0 Å². The molecule has 0 aliphatic rings. The number of nitrogens with two attached hydrogens (primary N) is 1. The van der Waals surface area contributed by atoms with E-state index < -0.39 is 0 Å². The summed E-state index contributed by atoms with van der Waals surface area (Å²) in [6, 6.07) is 5.45. The third-order valence-electron chi connectivity index (χ3n) is 3.07. The van der Waals surface area contributed by atoms with E-state index >= 15 is 0 Å². The molecule has 0 bridgehead atoms. The first kappa shape index (κ1) is 14.2. The Morgan fingerprint density at radius 2 is 1.80 bits per heavy atom. The van der Waals surface area contributed by atoms with Crippen molar-refractivity contribution in [2.24, 2.45) is 12.8 Å². The third kappa shape index (κ3) is 2.42. The van der Waals surface area contributed by atoms with E-state index in [0.717, 1.165) is 11.3 Å². The average molecular weight is 277 g/mol. The van der Waals surface area contributed by atoms with Gasteiger partial charge in [-0.1, -0.05) is 6.07 Å². The first-order valence-electron chi connectivity index (χ1n) is 6.23. The molecule has 1 aromatic carbocycles. The van der Waals surface area contributed by atoms with E-state index in [1.54, 1.807) is 18.9 Å². The van der Waals surface area contributed by atoms with Gasteiger partial charge in [-0.2, -0.15) is 5.10 Å². The molecule has 1 aromatic heterocycles. The monoisotopic (exact) mass is 277 g/mol. The van der Waals surface area contributed by atoms with E-state index in [9.17, 15) is 0 Å². The number of methoxy groups -OCH3 is 2. The smallest absolute Gasteiger partial charge is 0.222 e. The molecule has 0 saturated heterocycles. The first-order chi connectivity index (χ1) is 9.62. The van der Waals surface area contributed by atoms with Crippen LogP contribution in [-0.2, 0) is 13.6 Å². The molecule has 0 spiro atoms. The molecule has 0 aliphatic heterocycles. The van der Waals surface area contributed by atoms with E-state index in [-0.39, 0.29) is 0 Å². The summed E-state index contributed by atoms with van der Waals surface area (Å²) < 4.78 is 18.3. The number of rotatable bonds is 5. The van der Waals surface area contributed by atoms with E-state index in [1.807, 2.05) is 32.2 Å². The number of benzene rings is 1. The Morgan fingerprint density at radius 1 is 1.20 bits per heavy atom. The van der Waals surface area contributed by atoms with Crippen molar-refractivity contribution in [3.8, 4) is 23.1 Å². The van der Waals surface area contributed by atoms with Crippen molar-refractivity contribution in [2.45, 2.75) is 13.5 Å². The van der Waals surface area contributed by atoms with Gasteiger partial charge in [0, 0.05) is 13.6 Å². The van der Waals surface area contributed by atoms with Gasteiger partial charge in [-0.3, -0.25) is 0 Å². The molecule has 0 saturated carbocycles. The maximum Gasteiger partial charge on any atom is 0.222 e. The number of para-hydroxylation sites is 1. The van der Waals surface area contributed by atoms with Crippen LogP contribution in [0.25, 0.3) is 0 Å². The molecule has 108 valence electrons. The summed E-state index contributed by atoms with van der Waals surface area (Å²) in [5.41, 5.74) is 7.47. The number of nitrogens with zero attached hydrogens (tertiary/aromatic N) is 2. The van der Waals surface area contributed by atoms with E-state index in [4.69, 9.17) is 19.9 Å². The van der Waals surface area contributed by atoms with E-state index in [1.165, 1.54) is 0 Å². The fourth-order valence-corrected chi connectivity index (χ4v) is 2.06. The van der Waals surface area contributed by atoms with Gasteiger partial charge in [-0.25, -0.2) is 4.68 Å². The van der Waals surface area contributed by atoms with Gasteiger partial charge >= 0.3 is 0 Å². The van der Waals surface area contributed by atoms with Crippen molar-refractivity contribution in [2.75, 3.05) is 14.2 Å². The van der Waals surface area contributed by atoms with Crippen molar-refractivity contribution in [1.82, 2.24) is 9.78 Å². The molecular weight excluding hydrogens is 258 g/mol. The second-order valence-corrected chi connectivity index (χ2v) is 4.29. The van der Waals surface area contributed by atoms with Gasteiger partial charge in [0.05, 0.1) is 25.5 Å². The molecule has 2 rings (SSSR count). The van der Waals surface area contributed by atoms with Gasteiger partial charge in [0.25, 0.3) is 0 Å². The van der Waals surface area contributed by atoms with Gasteiger partial charge in [0.2, 0.25) is 11.6 Å². The highest BCUT2D eigenvalue weighted by Gasteiger charge is 2.19. The maximum absolute atomic E-state index is 5.97. The minimum atomic E-state index is 0.354. The lowest BCUT2D eigenvalue weighted by Gasteiger charge is -2.14. The summed E-state index contributed by atoms with van der Waals surface area (Å²) in [7, 11) is 4.98.